The van der Waals surface area contributed by atoms with E-state index in [4.69, 9.17) is 10.00 Å². The minimum atomic E-state index is 0.706. The summed E-state index contributed by atoms with van der Waals surface area (Å²) in [6.45, 7) is 1.94. The summed E-state index contributed by atoms with van der Waals surface area (Å²) in [5, 5.41) is 8.96. The molecule has 0 aliphatic rings. The second-order valence-corrected chi connectivity index (χ2v) is 4.34. The average Bonchev–Trinajstić information content (AvgIpc) is 2.46. The molecule has 0 heterocycles. The average molecular weight is 252 g/mol. The third-order valence-corrected chi connectivity index (χ3v) is 3.16. The zero-order valence-corrected chi connectivity index (χ0v) is 11.3. The minimum absolute atomic E-state index is 0.706. The lowest BCUT2D eigenvalue weighted by molar-refractivity contribution is 0.415. The summed E-state index contributed by atoms with van der Waals surface area (Å²) >= 11 is 0. The zero-order valence-electron chi connectivity index (χ0n) is 11.3. The van der Waals surface area contributed by atoms with Crippen molar-refractivity contribution in [2.45, 2.75) is 6.92 Å². The summed E-state index contributed by atoms with van der Waals surface area (Å²) in [6.07, 6.45) is 0. The fraction of sp³-hybridized carbons (Fsp3) is 0.188. The number of nitrogens with zero attached hydrogens (tertiary/aromatic N) is 2. The van der Waals surface area contributed by atoms with Crippen molar-refractivity contribution in [1.82, 2.24) is 0 Å². The Morgan fingerprint density at radius 1 is 1.16 bits per heavy atom. The highest BCUT2D eigenvalue weighted by atomic mass is 16.5. The maximum absolute atomic E-state index is 8.96. The van der Waals surface area contributed by atoms with Crippen LogP contribution in [0.1, 0.15) is 11.1 Å². The molecule has 3 heteroatoms. The Morgan fingerprint density at radius 2 is 1.89 bits per heavy atom. The van der Waals surface area contributed by atoms with Gasteiger partial charge in [-0.25, -0.2) is 0 Å². The number of ether oxygens (including phenoxy) is 1. The first-order chi connectivity index (χ1) is 9.17. The van der Waals surface area contributed by atoms with Gasteiger partial charge >= 0.3 is 0 Å². The first-order valence-corrected chi connectivity index (χ1v) is 6.05. The molecule has 0 N–H and O–H groups in total. The molecule has 0 radical (unpaired) electrons. The fourth-order valence-corrected chi connectivity index (χ4v) is 2.03. The maximum atomic E-state index is 8.96. The lowest BCUT2D eigenvalue weighted by Crippen LogP contribution is -2.11. The highest BCUT2D eigenvalue weighted by Crippen LogP contribution is 2.32. The number of hydrogen-bond acceptors (Lipinski definition) is 3. The van der Waals surface area contributed by atoms with E-state index in [-0.39, 0.29) is 0 Å². The Kier molecular flexibility index (Phi) is 3.72. The number of benzene rings is 2. The summed E-state index contributed by atoms with van der Waals surface area (Å²) in [5.41, 5.74) is 3.70. The third-order valence-electron chi connectivity index (χ3n) is 3.16. The van der Waals surface area contributed by atoms with Gasteiger partial charge in [-0.05, 0) is 42.8 Å². The number of anilines is 2. The molecule has 0 amide bonds. The Balaban J connectivity index is 2.42. The molecule has 0 bridgehead atoms. The number of para-hydroxylation sites is 2. The van der Waals surface area contributed by atoms with Gasteiger partial charge in [-0.2, -0.15) is 5.26 Å². The molecular formula is C16H16N2O. The van der Waals surface area contributed by atoms with Crippen molar-refractivity contribution in [3.8, 4) is 11.8 Å². The summed E-state index contributed by atoms with van der Waals surface area (Å²) in [5.74, 6) is 0.826. The lowest BCUT2D eigenvalue weighted by atomic mass is 10.1. The molecule has 0 unspecified atom stereocenters. The SMILES string of the molecule is COc1ccccc1N(C)c1ccc(C#N)c(C)c1. The molecule has 0 atom stereocenters. The molecule has 3 nitrogen and oxygen atoms in total. The first kappa shape index (κ1) is 13.0. The summed E-state index contributed by atoms with van der Waals surface area (Å²) < 4.78 is 5.37. The van der Waals surface area contributed by atoms with Crippen molar-refractivity contribution in [1.29, 1.82) is 5.26 Å². The van der Waals surface area contributed by atoms with Crippen molar-refractivity contribution in [3.05, 3.63) is 53.6 Å². The molecule has 19 heavy (non-hydrogen) atoms. The number of rotatable bonds is 3. The van der Waals surface area contributed by atoms with Crippen LogP contribution in [0.25, 0.3) is 0 Å². The standard InChI is InChI=1S/C16H16N2O/c1-12-10-14(9-8-13(12)11-17)18(2)15-6-4-5-7-16(15)19-3/h4-10H,1-3H3. The zero-order chi connectivity index (χ0) is 13.8. The van der Waals surface area contributed by atoms with Gasteiger partial charge in [-0.1, -0.05) is 12.1 Å². The van der Waals surface area contributed by atoms with Gasteiger partial charge in [0.25, 0.3) is 0 Å². The number of nitriles is 1. The van der Waals surface area contributed by atoms with E-state index in [1.807, 2.05) is 61.3 Å². The van der Waals surface area contributed by atoms with Crippen LogP contribution in [0, 0.1) is 18.3 Å². The van der Waals surface area contributed by atoms with E-state index < -0.39 is 0 Å². The minimum Gasteiger partial charge on any atom is -0.495 e. The predicted molar refractivity (Wildman–Crippen MR) is 77.0 cm³/mol. The number of hydrogen-bond donors (Lipinski definition) is 0. The van der Waals surface area contributed by atoms with Crippen LogP contribution < -0.4 is 9.64 Å². The van der Waals surface area contributed by atoms with E-state index in [1.165, 1.54) is 0 Å². The summed E-state index contributed by atoms with van der Waals surface area (Å²) in [4.78, 5) is 2.05. The molecular weight excluding hydrogens is 236 g/mol. The Bertz CT molecular complexity index is 629. The van der Waals surface area contributed by atoms with Gasteiger partial charge in [0.05, 0.1) is 24.4 Å². The van der Waals surface area contributed by atoms with Crippen molar-refractivity contribution in [2.24, 2.45) is 0 Å². The highest BCUT2D eigenvalue weighted by molar-refractivity contribution is 5.69. The Labute approximate surface area is 113 Å². The number of methoxy groups -OCH3 is 1. The van der Waals surface area contributed by atoms with E-state index in [9.17, 15) is 0 Å². The van der Waals surface area contributed by atoms with E-state index >= 15 is 0 Å². The molecule has 96 valence electrons. The normalized spacial score (nSPS) is 9.79. The van der Waals surface area contributed by atoms with Gasteiger partial charge in [0.1, 0.15) is 5.75 Å². The van der Waals surface area contributed by atoms with Crippen LogP contribution in [0.15, 0.2) is 42.5 Å². The number of aryl methyl sites for hydroxylation is 1. The third kappa shape index (κ3) is 2.53. The molecule has 0 spiro atoms. The van der Waals surface area contributed by atoms with Crippen LogP contribution in [-0.4, -0.2) is 14.2 Å². The van der Waals surface area contributed by atoms with Crippen LogP contribution in [0.3, 0.4) is 0 Å². The van der Waals surface area contributed by atoms with E-state index in [0.29, 0.717) is 5.56 Å². The van der Waals surface area contributed by atoms with Crippen LogP contribution >= 0.6 is 0 Å². The molecule has 0 aliphatic heterocycles. The Hall–Kier alpha value is -2.47. The largest absolute Gasteiger partial charge is 0.495 e. The quantitative estimate of drug-likeness (QED) is 0.836. The van der Waals surface area contributed by atoms with Crippen molar-refractivity contribution in [2.75, 3.05) is 19.1 Å². The predicted octanol–water partition coefficient (Wildman–Crippen LogP) is 3.64. The lowest BCUT2D eigenvalue weighted by Gasteiger charge is -2.22. The van der Waals surface area contributed by atoms with Crippen molar-refractivity contribution >= 4 is 11.4 Å². The Morgan fingerprint density at radius 3 is 2.53 bits per heavy atom. The molecule has 0 fully saturated rings. The van der Waals surface area contributed by atoms with Crippen LogP contribution in [0.4, 0.5) is 11.4 Å². The smallest absolute Gasteiger partial charge is 0.142 e. The van der Waals surface area contributed by atoms with Gasteiger partial charge in [0.15, 0.2) is 0 Å². The second kappa shape index (κ2) is 5.45. The van der Waals surface area contributed by atoms with Crippen LogP contribution in [0.2, 0.25) is 0 Å². The van der Waals surface area contributed by atoms with E-state index in [0.717, 1.165) is 22.7 Å². The van der Waals surface area contributed by atoms with Gasteiger partial charge in [-0.3, -0.25) is 0 Å². The monoisotopic (exact) mass is 252 g/mol. The van der Waals surface area contributed by atoms with E-state index in [2.05, 4.69) is 6.07 Å². The fourth-order valence-electron chi connectivity index (χ4n) is 2.03. The van der Waals surface area contributed by atoms with Gasteiger partial charge < -0.3 is 9.64 Å². The maximum Gasteiger partial charge on any atom is 0.142 e. The molecule has 0 aromatic heterocycles. The van der Waals surface area contributed by atoms with Gasteiger partial charge in [-0.15, -0.1) is 0 Å². The topological polar surface area (TPSA) is 36.3 Å². The summed E-state index contributed by atoms with van der Waals surface area (Å²) in [7, 11) is 3.65. The van der Waals surface area contributed by atoms with Crippen LogP contribution in [0.5, 0.6) is 5.75 Å². The molecule has 2 aromatic rings. The van der Waals surface area contributed by atoms with E-state index in [1.54, 1.807) is 7.11 Å². The van der Waals surface area contributed by atoms with Gasteiger partial charge in [0.2, 0.25) is 0 Å². The summed E-state index contributed by atoms with van der Waals surface area (Å²) in [6, 6.07) is 15.8. The highest BCUT2D eigenvalue weighted by Gasteiger charge is 2.10. The van der Waals surface area contributed by atoms with Crippen molar-refractivity contribution < 1.29 is 4.74 Å². The first-order valence-electron chi connectivity index (χ1n) is 6.05. The molecule has 0 saturated heterocycles. The second-order valence-electron chi connectivity index (χ2n) is 4.34. The van der Waals surface area contributed by atoms with Gasteiger partial charge in [0, 0.05) is 12.7 Å². The van der Waals surface area contributed by atoms with Crippen molar-refractivity contribution in [3.63, 3.8) is 0 Å². The molecule has 0 aliphatic carbocycles. The molecule has 2 aromatic carbocycles. The molecule has 2 rings (SSSR count). The molecule has 0 saturated carbocycles. The van der Waals surface area contributed by atoms with Crippen LogP contribution in [-0.2, 0) is 0 Å².